The summed E-state index contributed by atoms with van der Waals surface area (Å²) in [6, 6.07) is 24.5. The third-order valence-corrected chi connectivity index (χ3v) is 6.21. The molecular formula is C28H30ClNO3. The first-order chi connectivity index (χ1) is 16.1. The molecule has 0 unspecified atom stereocenters. The molecule has 1 aliphatic heterocycles. The molecule has 0 radical (unpaired) electrons. The molecule has 0 N–H and O–H groups in total. The summed E-state index contributed by atoms with van der Waals surface area (Å²) >= 11 is 6.16. The molecular weight excluding hydrogens is 434 g/mol. The van der Waals surface area contributed by atoms with Crippen molar-refractivity contribution in [2.75, 3.05) is 46.6 Å². The maximum atomic E-state index is 6.16. The van der Waals surface area contributed by atoms with Crippen molar-refractivity contribution in [1.29, 1.82) is 0 Å². The van der Waals surface area contributed by atoms with Crippen molar-refractivity contribution >= 4 is 22.7 Å². The van der Waals surface area contributed by atoms with E-state index in [-0.39, 0.29) is 0 Å². The van der Waals surface area contributed by atoms with E-state index in [1.54, 1.807) is 7.11 Å². The van der Waals surface area contributed by atoms with Crippen LogP contribution in [-0.4, -0.2) is 51.5 Å². The van der Waals surface area contributed by atoms with Crippen molar-refractivity contribution in [2.45, 2.75) is 6.92 Å². The molecule has 4 rings (SSSR count). The summed E-state index contributed by atoms with van der Waals surface area (Å²) in [5, 5.41) is 0.726. The minimum Gasteiger partial charge on any atom is -0.497 e. The van der Waals surface area contributed by atoms with Crippen LogP contribution >= 0.6 is 11.6 Å². The van der Waals surface area contributed by atoms with Crippen molar-refractivity contribution in [3.63, 3.8) is 0 Å². The van der Waals surface area contributed by atoms with Crippen molar-refractivity contribution in [3.8, 4) is 11.5 Å². The summed E-state index contributed by atoms with van der Waals surface area (Å²) in [6.45, 7) is 7.30. The van der Waals surface area contributed by atoms with Gasteiger partial charge in [-0.2, -0.15) is 0 Å². The number of rotatable bonds is 8. The lowest BCUT2D eigenvalue weighted by Gasteiger charge is -2.26. The molecule has 0 saturated carbocycles. The first-order valence-corrected chi connectivity index (χ1v) is 11.7. The number of morpholine rings is 1. The number of methoxy groups -OCH3 is 1. The molecule has 1 heterocycles. The Morgan fingerprint density at radius 1 is 0.818 bits per heavy atom. The van der Waals surface area contributed by atoms with Crippen LogP contribution in [0, 0.1) is 0 Å². The Morgan fingerprint density at radius 3 is 1.97 bits per heavy atom. The van der Waals surface area contributed by atoms with E-state index in [1.807, 2.05) is 36.4 Å². The first-order valence-electron chi connectivity index (χ1n) is 11.3. The van der Waals surface area contributed by atoms with Crippen LogP contribution in [0.2, 0.25) is 5.02 Å². The van der Waals surface area contributed by atoms with Crippen LogP contribution in [0.1, 0.15) is 23.6 Å². The number of hydrogen-bond acceptors (Lipinski definition) is 4. The summed E-state index contributed by atoms with van der Waals surface area (Å²) in [6.07, 6.45) is 0. The highest BCUT2D eigenvalue weighted by Crippen LogP contribution is 2.34. The van der Waals surface area contributed by atoms with Crippen LogP contribution < -0.4 is 9.47 Å². The van der Waals surface area contributed by atoms with Gasteiger partial charge in [0.1, 0.15) is 18.1 Å². The van der Waals surface area contributed by atoms with E-state index in [4.69, 9.17) is 25.8 Å². The van der Waals surface area contributed by atoms with E-state index in [2.05, 4.69) is 48.2 Å². The number of halogens is 1. The summed E-state index contributed by atoms with van der Waals surface area (Å²) in [5.41, 5.74) is 5.74. The number of allylic oxidation sites excluding steroid dienone is 1. The SMILES string of the molecule is COc1ccc(/C(C)=C(\c2ccc(Cl)cc2)c2ccc(OCCN3CCOCC3)cc2)cc1. The van der Waals surface area contributed by atoms with Gasteiger partial charge in [-0.05, 0) is 71.2 Å². The Kier molecular flexibility index (Phi) is 8.05. The monoisotopic (exact) mass is 463 g/mol. The minimum absolute atomic E-state index is 0.671. The highest BCUT2D eigenvalue weighted by molar-refractivity contribution is 6.30. The Hall–Kier alpha value is -2.79. The van der Waals surface area contributed by atoms with Crippen molar-refractivity contribution in [2.24, 2.45) is 0 Å². The lowest BCUT2D eigenvalue weighted by Crippen LogP contribution is -2.38. The quantitative estimate of drug-likeness (QED) is 0.381. The molecule has 3 aromatic carbocycles. The molecule has 1 fully saturated rings. The maximum Gasteiger partial charge on any atom is 0.119 e. The smallest absolute Gasteiger partial charge is 0.119 e. The Bertz CT molecular complexity index is 1050. The molecule has 3 aromatic rings. The van der Waals surface area contributed by atoms with Gasteiger partial charge in [-0.1, -0.05) is 48.0 Å². The number of nitrogens with zero attached hydrogens (tertiary/aromatic N) is 1. The molecule has 4 nitrogen and oxygen atoms in total. The van der Waals surface area contributed by atoms with Crippen LogP contribution in [-0.2, 0) is 4.74 Å². The third kappa shape index (κ3) is 6.17. The zero-order valence-electron chi connectivity index (χ0n) is 19.2. The Morgan fingerprint density at radius 2 is 1.36 bits per heavy atom. The molecule has 0 aromatic heterocycles. The van der Waals surface area contributed by atoms with Crippen LogP contribution in [0.15, 0.2) is 72.8 Å². The van der Waals surface area contributed by atoms with Crippen molar-refractivity contribution < 1.29 is 14.2 Å². The van der Waals surface area contributed by atoms with Crippen molar-refractivity contribution in [1.82, 2.24) is 4.90 Å². The van der Waals surface area contributed by atoms with Gasteiger partial charge in [0.15, 0.2) is 0 Å². The number of hydrogen-bond donors (Lipinski definition) is 0. The molecule has 0 atom stereocenters. The highest BCUT2D eigenvalue weighted by atomic mass is 35.5. The van der Waals surface area contributed by atoms with Gasteiger partial charge >= 0.3 is 0 Å². The summed E-state index contributed by atoms with van der Waals surface area (Å²) in [4.78, 5) is 2.37. The van der Waals surface area contributed by atoms with Gasteiger partial charge in [0.2, 0.25) is 0 Å². The van der Waals surface area contributed by atoms with Crippen LogP contribution in [0.25, 0.3) is 11.1 Å². The second kappa shape index (κ2) is 11.4. The summed E-state index contributed by atoms with van der Waals surface area (Å²) in [7, 11) is 1.68. The van der Waals surface area contributed by atoms with E-state index in [0.29, 0.717) is 6.61 Å². The minimum atomic E-state index is 0.671. The maximum absolute atomic E-state index is 6.16. The van der Waals surface area contributed by atoms with Gasteiger partial charge in [0, 0.05) is 24.7 Å². The third-order valence-electron chi connectivity index (χ3n) is 5.95. The van der Waals surface area contributed by atoms with Crippen LogP contribution in [0.3, 0.4) is 0 Å². The molecule has 5 heteroatoms. The lowest BCUT2D eigenvalue weighted by atomic mass is 9.90. The number of ether oxygens (including phenoxy) is 3. The zero-order chi connectivity index (χ0) is 23.0. The van der Waals surface area contributed by atoms with Gasteiger partial charge in [0.05, 0.1) is 20.3 Å². The Balaban J connectivity index is 1.56. The van der Waals surface area contributed by atoms with E-state index in [0.717, 1.165) is 71.6 Å². The molecule has 0 amide bonds. The normalized spacial score (nSPS) is 15.1. The summed E-state index contributed by atoms with van der Waals surface area (Å²) < 4.78 is 16.7. The second-order valence-electron chi connectivity index (χ2n) is 8.06. The lowest BCUT2D eigenvalue weighted by molar-refractivity contribution is 0.0322. The predicted octanol–water partition coefficient (Wildman–Crippen LogP) is 6.04. The van der Waals surface area contributed by atoms with Gasteiger partial charge in [-0.15, -0.1) is 0 Å². The van der Waals surface area contributed by atoms with E-state index < -0.39 is 0 Å². The van der Waals surface area contributed by atoms with Crippen molar-refractivity contribution in [3.05, 3.63) is 94.5 Å². The van der Waals surface area contributed by atoms with Gasteiger partial charge in [-0.3, -0.25) is 4.90 Å². The molecule has 0 bridgehead atoms. The molecule has 1 saturated heterocycles. The molecule has 0 aliphatic carbocycles. The zero-order valence-corrected chi connectivity index (χ0v) is 20.0. The van der Waals surface area contributed by atoms with E-state index in [1.165, 1.54) is 5.57 Å². The summed E-state index contributed by atoms with van der Waals surface area (Å²) in [5.74, 6) is 1.72. The van der Waals surface area contributed by atoms with Crippen LogP contribution in [0.4, 0.5) is 0 Å². The highest BCUT2D eigenvalue weighted by Gasteiger charge is 2.13. The topological polar surface area (TPSA) is 30.9 Å². The average molecular weight is 464 g/mol. The molecule has 172 valence electrons. The predicted molar refractivity (Wildman–Crippen MR) is 135 cm³/mol. The fourth-order valence-corrected chi connectivity index (χ4v) is 4.16. The average Bonchev–Trinajstić information content (AvgIpc) is 2.87. The largest absolute Gasteiger partial charge is 0.497 e. The number of benzene rings is 3. The fourth-order valence-electron chi connectivity index (χ4n) is 4.04. The first kappa shape index (κ1) is 23.4. The Labute approximate surface area is 201 Å². The fraction of sp³-hybridized carbons (Fsp3) is 0.286. The van der Waals surface area contributed by atoms with Crippen LogP contribution in [0.5, 0.6) is 11.5 Å². The molecule has 33 heavy (non-hydrogen) atoms. The van der Waals surface area contributed by atoms with Gasteiger partial charge in [0.25, 0.3) is 0 Å². The van der Waals surface area contributed by atoms with E-state index in [9.17, 15) is 0 Å². The van der Waals surface area contributed by atoms with Gasteiger partial charge in [-0.25, -0.2) is 0 Å². The molecule has 0 spiro atoms. The standard InChI is InChI=1S/C28H30ClNO3/c1-21(22-5-11-26(31-2)12-6-22)28(23-3-9-25(29)10-4-23)24-7-13-27(14-8-24)33-20-17-30-15-18-32-19-16-30/h3-14H,15-20H2,1-2H3/b28-21+. The molecule has 1 aliphatic rings. The van der Waals surface area contributed by atoms with E-state index >= 15 is 0 Å². The second-order valence-corrected chi connectivity index (χ2v) is 8.50. The van der Waals surface area contributed by atoms with Gasteiger partial charge < -0.3 is 14.2 Å².